The van der Waals surface area contributed by atoms with Crippen LogP contribution in [0, 0.1) is 17.3 Å². The fourth-order valence-electron chi connectivity index (χ4n) is 4.30. The molecule has 8 heteroatoms. The van der Waals surface area contributed by atoms with E-state index in [2.05, 4.69) is 14.9 Å². The topological polar surface area (TPSA) is 113 Å². The number of nitrogens with zero attached hydrogens (tertiary/aromatic N) is 4. The molecule has 3 N–H and O–H groups in total. The van der Waals surface area contributed by atoms with Crippen LogP contribution < -0.4 is 5.73 Å². The number of piperazine rings is 1. The van der Waals surface area contributed by atoms with Crippen molar-refractivity contribution in [3.8, 4) is 0 Å². The third kappa shape index (κ3) is 3.17. The van der Waals surface area contributed by atoms with Gasteiger partial charge in [-0.1, -0.05) is 26.0 Å². The summed E-state index contributed by atoms with van der Waals surface area (Å²) in [5.74, 6) is -0.765. The molecule has 1 aliphatic carbocycles. The molecular weight excluding hydrogens is 358 g/mol. The van der Waals surface area contributed by atoms with Crippen LogP contribution in [0.5, 0.6) is 0 Å². The summed E-state index contributed by atoms with van der Waals surface area (Å²) in [7, 11) is 0. The fourth-order valence-corrected chi connectivity index (χ4v) is 4.30. The number of benzene rings is 1. The highest BCUT2D eigenvalue weighted by molar-refractivity contribution is 5.91. The number of carbonyl (C=O) groups is 2. The second kappa shape index (κ2) is 6.70. The van der Waals surface area contributed by atoms with Gasteiger partial charge in [0.05, 0.1) is 23.9 Å². The Morgan fingerprint density at radius 3 is 2.46 bits per heavy atom. The van der Waals surface area contributed by atoms with Crippen molar-refractivity contribution in [3.63, 3.8) is 0 Å². The van der Waals surface area contributed by atoms with Crippen molar-refractivity contribution in [1.29, 1.82) is 0 Å². The molecule has 2 aliphatic rings. The zero-order valence-corrected chi connectivity index (χ0v) is 16.1. The molecule has 28 heavy (non-hydrogen) atoms. The summed E-state index contributed by atoms with van der Waals surface area (Å²) in [4.78, 5) is 37.1. The van der Waals surface area contributed by atoms with Crippen molar-refractivity contribution in [2.24, 2.45) is 17.3 Å². The molecule has 148 valence electrons. The first-order valence-corrected chi connectivity index (χ1v) is 9.54. The highest BCUT2D eigenvalue weighted by Gasteiger charge is 2.66. The summed E-state index contributed by atoms with van der Waals surface area (Å²) >= 11 is 0. The molecule has 1 aromatic carbocycles. The first-order valence-electron chi connectivity index (χ1n) is 9.54. The number of para-hydroxylation sites is 1. The lowest BCUT2D eigenvalue weighted by molar-refractivity contribution is -0.142. The Hall–Kier alpha value is -2.74. The number of aromatic nitrogens is 2. The number of nitrogen functional groups attached to an aromatic ring is 1. The van der Waals surface area contributed by atoms with Gasteiger partial charge in [0.2, 0.25) is 5.91 Å². The van der Waals surface area contributed by atoms with Crippen LogP contribution in [0.25, 0.3) is 10.9 Å². The lowest BCUT2D eigenvalue weighted by atomic mass is 10.1. The number of hydrogen-bond acceptors (Lipinski definition) is 6. The van der Waals surface area contributed by atoms with E-state index in [1.165, 1.54) is 0 Å². The molecule has 2 fully saturated rings. The van der Waals surface area contributed by atoms with Crippen LogP contribution in [0.3, 0.4) is 0 Å². The second-order valence-electron chi connectivity index (χ2n) is 8.26. The van der Waals surface area contributed by atoms with E-state index in [0.717, 1.165) is 10.9 Å². The molecule has 2 heterocycles. The van der Waals surface area contributed by atoms with Crippen LogP contribution in [0.2, 0.25) is 0 Å². The number of aliphatic carboxylic acids is 1. The minimum atomic E-state index is -0.881. The molecule has 1 aromatic heterocycles. The lowest BCUT2D eigenvalue weighted by Crippen LogP contribution is -2.49. The van der Waals surface area contributed by atoms with Gasteiger partial charge in [0.25, 0.3) is 0 Å². The van der Waals surface area contributed by atoms with E-state index in [1.807, 2.05) is 38.1 Å². The summed E-state index contributed by atoms with van der Waals surface area (Å²) in [6, 6.07) is 7.66. The second-order valence-corrected chi connectivity index (χ2v) is 8.26. The number of carboxylic acids is 1. The van der Waals surface area contributed by atoms with Crippen LogP contribution in [0.4, 0.5) is 5.82 Å². The van der Waals surface area contributed by atoms with Crippen molar-refractivity contribution in [1.82, 2.24) is 19.8 Å². The maximum Gasteiger partial charge on any atom is 0.307 e. The predicted molar refractivity (Wildman–Crippen MR) is 104 cm³/mol. The van der Waals surface area contributed by atoms with Crippen LogP contribution in [-0.2, 0) is 16.1 Å². The SMILES string of the molecule is CC1(C)[C@H](C(=O)O)[C@@H]1C(=O)N1CCN(Cc2nc(N)c3ccccc3n2)CC1. The standard InChI is InChI=1S/C20H25N5O3/c1-20(2)15(16(20)19(27)28)18(26)25-9-7-24(8-10-25)11-14-22-13-6-4-3-5-12(13)17(21)23-14/h3-6,15-16H,7-11H2,1-2H3,(H,27,28)(H2,21,22,23)/t15-,16+/m1/s1. The Labute approximate surface area is 163 Å². The molecule has 8 nitrogen and oxygen atoms in total. The number of rotatable bonds is 4. The summed E-state index contributed by atoms with van der Waals surface area (Å²) in [5.41, 5.74) is 6.42. The average molecular weight is 383 g/mol. The third-order valence-corrected chi connectivity index (χ3v) is 6.09. The zero-order chi connectivity index (χ0) is 20.1. The molecule has 0 spiro atoms. The molecule has 2 atom stereocenters. The average Bonchev–Trinajstić information content (AvgIpc) is 3.24. The molecule has 1 saturated heterocycles. The lowest BCUT2D eigenvalue weighted by Gasteiger charge is -2.34. The Balaban J connectivity index is 1.37. The fraction of sp³-hybridized carbons (Fsp3) is 0.500. The number of nitrogens with two attached hydrogens (primary N) is 1. The number of hydrogen-bond donors (Lipinski definition) is 2. The van der Waals surface area contributed by atoms with Gasteiger partial charge in [-0.25, -0.2) is 9.97 Å². The molecule has 1 saturated carbocycles. The van der Waals surface area contributed by atoms with E-state index in [9.17, 15) is 14.7 Å². The van der Waals surface area contributed by atoms with Gasteiger partial charge in [0, 0.05) is 31.6 Å². The van der Waals surface area contributed by atoms with E-state index in [0.29, 0.717) is 44.4 Å². The van der Waals surface area contributed by atoms with E-state index >= 15 is 0 Å². The van der Waals surface area contributed by atoms with E-state index in [1.54, 1.807) is 4.90 Å². The Bertz CT molecular complexity index is 937. The largest absolute Gasteiger partial charge is 0.481 e. The van der Waals surface area contributed by atoms with E-state index in [4.69, 9.17) is 5.73 Å². The summed E-state index contributed by atoms with van der Waals surface area (Å²) in [5, 5.41) is 10.2. The first-order chi connectivity index (χ1) is 13.3. The van der Waals surface area contributed by atoms with Crippen molar-refractivity contribution < 1.29 is 14.7 Å². The van der Waals surface area contributed by atoms with Crippen molar-refractivity contribution in [2.45, 2.75) is 20.4 Å². The van der Waals surface area contributed by atoms with Crippen molar-refractivity contribution in [3.05, 3.63) is 30.1 Å². The molecule has 0 unspecified atom stereocenters. The Morgan fingerprint density at radius 1 is 1.14 bits per heavy atom. The number of amides is 1. The van der Waals surface area contributed by atoms with Gasteiger partial charge in [0.15, 0.2) is 0 Å². The highest BCUT2D eigenvalue weighted by atomic mass is 16.4. The minimum Gasteiger partial charge on any atom is -0.481 e. The molecule has 0 bridgehead atoms. The first kappa shape index (κ1) is 18.6. The zero-order valence-electron chi connectivity index (χ0n) is 16.1. The third-order valence-electron chi connectivity index (χ3n) is 6.09. The monoisotopic (exact) mass is 383 g/mol. The number of fused-ring (bicyclic) bond motifs is 1. The maximum atomic E-state index is 12.7. The van der Waals surface area contributed by atoms with Crippen molar-refractivity contribution in [2.75, 3.05) is 31.9 Å². The molecule has 2 aromatic rings. The maximum absolute atomic E-state index is 12.7. The van der Waals surface area contributed by atoms with Gasteiger partial charge in [0.1, 0.15) is 11.6 Å². The van der Waals surface area contributed by atoms with Gasteiger partial charge in [-0.2, -0.15) is 0 Å². The number of carbonyl (C=O) groups excluding carboxylic acids is 1. The van der Waals surface area contributed by atoms with Crippen LogP contribution in [0.1, 0.15) is 19.7 Å². The van der Waals surface area contributed by atoms with E-state index in [-0.39, 0.29) is 5.91 Å². The van der Waals surface area contributed by atoms with Crippen molar-refractivity contribution >= 4 is 28.6 Å². The van der Waals surface area contributed by atoms with Gasteiger partial charge >= 0.3 is 5.97 Å². The molecule has 0 radical (unpaired) electrons. The summed E-state index contributed by atoms with van der Waals surface area (Å²) in [6.07, 6.45) is 0. The van der Waals surface area contributed by atoms with Crippen LogP contribution >= 0.6 is 0 Å². The van der Waals surface area contributed by atoms with Crippen LogP contribution in [-0.4, -0.2) is 62.9 Å². The molecule has 1 aliphatic heterocycles. The smallest absolute Gasteiger partial charge is 0.307 e. The molecule has 4 rings (SSSR count). The number of anilines is 1. The Kier molecular flexibility index (Phi) is 4.45. The summed E-state index contributed by atoms with van der Waals surface area (Å²) < 4.78 is 0. The minimum absolute atomic E-state index is 0.0387. The molecule has 1 amide bonds. The number of carboxylic acid groups (broad SMARTS) is 1. The van der Waals surface area contributed by atoms with E-state index < -0.39 is 23.2 Å². The van der Waals surface area contributed by atoms with Gasteiger partial charge in [-0.05, 0) is 17.5 Å². The summed E-state index contributed by atoms with van der Waals surface area (Å²) in [6.45, 7) is 6.85. The molecular formula is C20H25N5O3. The van der Waals surface area contributed by atoms with Gasteiger partial charge in [-0.15, -0.1) is 0 Å². The normalized spacial score (nSPS) is 24.3. The Morgan fingerprint density at radius 2 is 1.82 bits per heavy atom. The quantitative estimate of drug-likeness (QED) is 0.816. The highest BCUT2D eigenvalue weighted by Crippen LogP contribution is 2.59. The van der Waals surface area contributed by atoms with Gasteiger partial charge < -0.3 is 15.7 Å². The van der Waals surface area contributed by atoms with Crippen LogP contribution in [0.15, 0.2) is 24.3 Å². The van der Waals surface area contributed by atoms with Gasteiger partial charge in [-0.3, -0.25) is 14.5 Å². The predicted octanol–water partition coefficient (Wildman–Crippen LogP) is 1.21.